The third kappa shape index (κ3) is 4.44. The van der Waals surface area contributed by atoms with Gasteiger partial charge in [0.25, 0.3) is 6.71 Å². The van der Waals surface area contributed by atoms with Crippen LogP contribution >= 0.6 is 11.3 Å². The summed E-state index contributed by atoms with van der Waals surface area (Å²) in [5, 5.41) is 5.12. The van der Waals surface area contributed by atoms with Crippen molar-refractivity contribution < 1.29 is 4.74 Å². The molecule has 0 saturated heterocycles. The first-order chi connectivity index (χ1) is 25.8. The molecule has 52 heavy (non-hydrogen) atoms. The van der Waals surface area contributed by atoms with Crippen molar-refractivity contribution in [2.24, 2.45) is 0 Å². The van der Waals surface area contributed by atoms with Crippen LogP contribution in [-0.2, 0) is 0 Å². The van der Waals surface area contributed by atoms with Gasteiger partial charge in [-0.1, -0.05) is 151 Å². The molecular weight excluding hydrogens is 649 g/mol. The maximum absolute atomic E-state index is 6.45. The molecule has 3 heterocycles. The minimum atomic E-state index is 0.0343. The molecular formula is C48H30BNOS. The number of fused-ring (bicyclic) bond motifs is 8. The first-order valence-electron chi connectivity index (χ1n) is 17.8. The quantitative estimate of drug-likeness (QED) is 0.169. The summed E-state index contributed by atoms with van der Waals surface area (Å²) in [4.78, 5) is 0. The topological polar surface area (TPSA) is 14.2 Å². The van der Waals surface area contributed by atoms with Crippen LogP contribution in [0, 0.1) is 0 Å². The number of aromatic nitrogens is 1. The number of hydrogen-bond acceptors (Lipinski definition) is 2. The normalized spacial score (nSPS) is 12.3. The summed E-state index contributed by atoms with van der Waals surface area (Å²) in [6, 6.07) is 66.1. The Balaban J connectivity index is 1.17. The molecule has 0 spiro atoms. The van der Waals surface area contributed by atoms with Gasteiger partial charge in [-0.3, -0.25) is 0 Å². The van der Waals surface area contributed by atoms with Gasteiger partial charge >= 0.3 is 0 Å². The van der Waals surface area contributed by atoms with E-state index in [0.29, 0.717) is 0 Å². The van der Waals surface area contributed by atoms with Crippen molar-refractivity contribution in [2.45, 2.75) is 0 Å². The van der Waals surface area contributed by atoms with Gasteiger partial charge in [0.05, 0.1) is 21.4 Å². The molecule has 0 unspecified atom stereocenters. The molecule has 0 N–H and O–H groups in total. The van der Waals surface area contributed by atoms with E-state index in [4.69, 9.17) is 4.74 Å². The van der Waals surface area contributed by atoms with E-state index in [1.165, 1.54) is 86.3 Å². The van der Waals surface area contributed by atoms with Gasteiger partial charge in [0.2, 0.25) is 0 Å². The second-order valence-corrected chi connectivity index (χ2v) is 14.6. The minimum absolute atomic E-state index is 0.0343. The average Bonchev–Trinajstić information content (AvgIpc) is 3.76. The SMILES string of the molecule is c1ccc(-c2cc(B3c4ccccc4Oc4ccccc43)cc(-c3cccc4c3sc3c(-n5c6ccccc6c6ccccc65)cccc34)c2)cc1. The fraction of sp³-hybridized carbons (Fsp3) is 0. The Kier molecular flexibility index (Phi) is 6.55. The summed E-state index contributed by atoms with van der Waals surface area (Å²) in [5.74, 6) is 1.84. The van der Waals surface area contributed by atoms with Crippen LogP contribution < -0.4 is 21.1 Å². The molecule has 1 aliphatic rings. The Morgan fingerprint density at radius 2 is 0.981 bits per heavy atom. The highest BCUT2D eigenvalue weighted by atomic mass is 32.1. The second kappa shape index (κ2) is 11.6. The van der Waals surface area contributed by atoms with Crippen LogP contribution in [0.2, 0.25) is 0 Å². The maximum Gasteiger partial charge on any atom is 0.250 e. The van der Waals surface area contributed by atoms with Crippen LogP contribution in [0.1, 0.15) is 0 Å². The lowest BCUT2D eigenvalue weighted by molar-refractivity contribution is 0.487. The summed E-state index contributed by atoms with van der Waals surface area (Å²) in [6.07, 6.45) is 0. The van der Waals surface area contributed by atoms with E-state index in [0.717, 1.165) is 11.5 Å². The number of para-hydroxylation sites is 4. The van der Waals surface area contributed by atoms with E-state index in [1.807, 2.05) is 11.3 Å². The van der Waals surface area contributed by atoms with Gasteiger partial charge in [0, 0.05) is 26.2 Å². The third-order valence-corrected chi connectivity index (χ3v) is 12.0. The van der Waals surface area contributed by atoms with E-state index >= 15 is 0 Å². The van der Waals surface area contributed by atoms with Crippen molar-refractivity contribution in [3.05, 3.63) is 182 Å². The van der Waals surface area contributed by atoms with E-state index in [1.54, 1.807) is 0 Å². The van der Waals surface area contributed by atoms with Gasteiger partial charge in [-0.25, -0.2) is 0 Å². The molecule has 0 saturated carbocycles. The minimum Gasteiger partial charge on any atom is -0.458 e. The molecule has 2 aromatic heterocycles. The van der Waals surface area contributed by atoms with Gasteiger partial charge in [-0.05, 0) is 69.6 Å². The molecule has 8 aromatic carbocycles. The smallest absolute Gasteiger partial charge is 0.250 e. The number of thiophene rings is 1. The Labute approximate surface area is 305 Å². The van der Waals surface area contributed by atoms with Crippen molar-refractivity contribution in [2.75, 3.05) is 0 Å². The second-order valence-electron chi connectivity index (χ2n) is 13.6. The van der Waals surface area contributed by atoms with Crippen LogP contribution in [0.3, 0.4) is 0 Å². The summed E-state index contributed by atoms with van der Waals surface area (Å²) in [7, 11) is 0. The van der Waals surface area contributed by atoms with Gasteiger partial charge in [0.15, 0.2) is 0 Å². The molecule has 0 aliphatic carbocycles. The Hall–Kier alpha value is -6.36. The molecule has 4 heteroatoms. The highest BCUT2D eigenvalue weighted by Gasteiger charge is 2.32. The zero-order chi connectivity index (χ0) is 34.2. The van der Waals surface area contributed by atoms with Gasteiger partial charge in [-0.15, -0.1) is 11.3 Å². The van der Waals surface area contributed by atoms with E-state index in [2.05, 4.69) is 187 Å². The van der Waals surface area contributed by atoms with E-state index in [-0.39, 0.29) is 6.71 Å². The molecule has 242 valence electrons. The molecule has 0 radical (unpaired) electrons. The fourth-order valence-corrected chi connectivity index (χ4v) is 9.77. The number of rotatable bonds is 4. The monoisotopic (exact) mass is 679 g/mol. The van der Waals surface area contributed by atoms with Gasteiger partial charge < -0.3 is 9.30 Å². The Bertz CT molecular complexity index is 2910. The summed E-state index contributed by atoms with van der Waals surface area (Å²) >= 11 is 1.90. The van der Waals surface area contributed by atoms with Crippen LogP contribution in [0.15, 0.2) is 182 Å². The van der Waals surface area contributed by atoms with Crippen molar-refractivity contribution in [3.8, 4) is 39.4 Å². The third-order valence-electron chi connectivity index (χ3n) is 10.7. The largest absolute Gasteiger partial charge is 0.458 e. The number of hydrogen-bond donors (Lipinski definition) is 0. The number of benzene rings is 8. The number of nitrogens with zero attached hydrogens (tertiary/aromatic N) is 1. The predicted octanol–water partition coefficient (Wildman–Crippen LogP) is 11.1. The zero-order valence-electron chi connectivity index (χ0n) is 28.2. The summed E-state index contributed by atoms with van der Waals surface area (Å²) in [5.41, 5.74) is 12.2. The van der Waals surface area contributed by atoms with Crippen molar-refractivity contribution in [3.63, 3.8) is 0 Å². The lowest BCUT2D eigenvalue weighted by Crippen LogP contribution is -2.54. The first-order valence-corrected chi connectivity index (χ1v) is 18.6. The van der Waals surface area contributed by atoms with Gasteiger partial charge in [0.1, 0.15) is 11.5 Å². The molecule has 1 aliphatic heterocycles. The van der Waals surface area contributed by atoms with E-state index in [9.17, 15) is 0 Å². The van der Waals surface area contributed by atoms with Crippen LogP contribution in [0.25, 0.3) is 69.9 Å². The Morgan fingerprint density at radius 3 is 1.69 bits per heavy atom. The highest BCUT2D eigenvalue weighted by Crippen LogP contribution is 2.44. The summed E-state index contributed by atoms with van der Waals surface area (Å²) in [6.45, 7) is 0.0343. The van der Waals surface area contributed by atoms with Crippen molar-refractivity contribution in [1.82, 2.24) is 4.57 Å². The predicted molar refractivity (Wildman–Crippen MR) is 222 cm³/mol. The highest BCUT2D eigenvalue weighted by molar-refractivity contribution is 7.26. The Morgan fingerprint density at radius 1 is 0.423 bits per heavy atom. The molecule has 2 nitrogen and oxygen atoms in total. The average molecular weight is 680 g/mol. The maximum atomic E-state index is 6.45. The molecule has 0 amide bonds. The molecule has 0 atom stereocenters. The lowest BCUT2D eigenvalue weighted by atomic mass is 9.35. The standard InChI is InChI=1S/C48H30BNOS/c1-2-14-31(15-3-1)32-28-33(30-34(29-32)49-40-21-6-10-26-45(40)51-46-27-11-7-22-41(46)49)35-18-12-19-38-39-20-13-25-44(48(39)52-47(35)38)50-42-23-8-4-16-36(42)37-17-5-9-24-43(37)50/h1-30H. The van der Waals surface area contributed by atoms with Crippen molar-refractivity contribution >= 4 is 76.4 Å². The van der Waals surface area contributed by atoms with Crippen molar-refractivity contribution in [1.29, 1.82) is 0 Å². The first kappa shape index (κ1) is 29.4. The molecule has 0 bridgehead atoms. The summed E-state index contributed by atoms with van der Waals surface area (Å²) < 4.78 is 11.5. The van der Waals surface area contributed by atoms with Crippen LogP contribution in [0.4, 0.5) is 0 Å². The van der Waals surface area contributed by atoms with Gasteiger partial charge in [-0.2, -0.15) is 0 Å². The fourth-order valence-electron chi connectivity index (χ4n) is 8.43. The van der Waals surface area contributed by atoms with Crippen LogP contribution in [0.5, 0.6) is 11.5 Å². The molecule has 11 rings (SSSR count). The molecule has 10 aromatic rings. The van der Waals surface area contributed by atoms with E-state index < -0.39 is 0 Å². The number of ether oxygens (including phenoxy) is 1. The lowest BCUT2D eigenvalue weighted by Gasteiger charge is -2.27. The zero-order valence-corrected chi connectivity index (χ0v) is 29.0. The molecule has 0 fully saturated rings. The van der Waals surface area contributed by atoms with Crippen LogP contribution in [-0.4, -0.2) is 11.3 Å².